The number of hydrazine groups is 1. The summed E-state index contributed by atoms with van der Waals surface area (Å²) < 4.78 is 0. The molecule has 0 unspecified atom stereocenters. The van der Waals surface area contributed by atoms with Crippen LogP contribution in [0.15, 0.2) is 18.3 Å². The number of anilines is 1. The minimum atomic E-state index is -0.146. The van der Waals surface area contributed by atoms with Crippen molar-refractivity contribution in [2.45, 2.75) is 19.8 Å². The van der Waals surface area contributed by atoms with Crippen LogP contribution in [0.3, 0.4) is 0 Å². The summed E-state index contributed by atoms with van der Waals surface area (Å²) in [4.78, 5) is 15.5. The van der Waals surface area contributed by atoms with E-state index in [9.17, 15) is 4.79 Å². The Morgan fingerprint density at radius 3 is 2.87 bits per heavy atom. The first kappa shape index (κ1) is 11.5. The van der Waals surface area contributed by atoms with E-state index in [2.05, 4.69) is 22.7 Å². The molecular formula is C10H16N4O. The fraction of sp³-hybridized carbons (Fsp3) is 0.400. The number of nitrogens with zero attached hydrogens (tertiary/aromatic N) is 1. The van der Waals surface area contributed by atoms with Gasteiger partial charge in [0.05, 0.1) is 11.9 Å². The van der Waals surface area contributed by atoms with Crippen LogP contribution >= 0.6 is 0 Å². The second-order valence-electron chi connectivity index (χ2n) is 3.19. The number of hydrogen-bond donors (Lipinski definition) is 3. The summed E-state index contributed by atoms with van der Waals surface area (Å²) in [6, 6.07) is 3.35. The lowest BCUT2D eigenvalue weighted by atomic mass is 10.3. The lowest BCUT2D eigenvalue weighted by Gasteiger charge is -2.04. The maximum absolute atomic E-state index is 11.5. The number of hydrogen-bond acceptors (Lipinski definition) is 4. The molecule has 5 heteroatoms. The van der Waals surface area contributed by atoms with Crippen molar-refractivity contribution < 1.29 is 4.79 Å². The van der Waals surface area contributed by atoms with Crippen molar-refractivity contribution in [2.75, 3.05) is 12.0 Å². The lowest BCUT2D eigenvalue weighted by molar-refractivity contribution is 0.0948. The highest BCUT2D eigenvalue weighted by molar-refractivity contribution is 5.92. The van der Waals surface area contributed by atoms with Crippen LogP contribution in [0.25, 0.3) is 0 Å². The van der Waals surface area contributed by atoms with E-state index in [-0.39, 0.29) is 5.91 Å². The number of amides is 1. The number of nitrogen functional groups attached to an aromatic ring is 1. The average molecular weight is 208 g/mol. The van der Waals surface area contributed by atoms with Crippen molar-refractivity contribution in [3.05, 3.63) is 24.0 Å². The molecule has 1 aromatic heterocycles. The van der Waals surface area contributed by atoms with E-state index in [1.54, 1.807) is 12.1 Å². The Balaban J connectivity index is 2.50. The highest BCUT2D eigenvalue weighted by Gasteiger charge is 2.05. The molecule has 0 spiro atoms. The van der Waals surface area contributed by atoms with E-state index in [1.165, 1.54) is 6.20 Å². The zero-order valence-corrected chi connectivity index (χ0v) is 8.79. The molecule has 1 aromatic rings. The van der Waals surface area contributed by atoms with Crippen molar-refractivity contribution >= 4 is 11.6 Å². The molecule has 0 aliphatic heterocycles. The van der Waals surface area contributed by atoms with E-state index in [0.717, 1.165) is 12.8 Å². The third-order valence-corrected chi connectivity index (χ3v) is 1.98. The van der Waals surface area contributed by atoms with Gasteiger partial charge in [-0.3, -0.25) is 10.6 Å². The lowest BCUT2D eigenvalue weighted by Crippen LogP contribution is -2.25. The second kappa shape index (κ2) is 5.98. The smallest absolute Gasteiger partial charge is 0.269 e. The molecule has 1 rings (SSSR count). The molecule has 0 saturated heterocycles. The zero-order valence-electron chi connectivity index (χ0n) is 8.79. The summed E-state index contributed by atoms with van der Waals surface area (Å²) in [6.07, 6.45) is 3.56. The number of carbonyl (C=O) groups excluding carboxylic acids is 1. The van der Waals surface area contributed by atoms with E-state index >= 15 is 0 Å². The van der Waals surface area contributed by atoms with Crippen LogP contribution in [0.5, 0.6) is 0 Å². The van der Waals surface area contributed by atoms with Crippen LogP contribution in [-0.2, 0) is 0 Å². The number of aromatic nitrogens is 1. The largest absolute Gasteiger partial charge is 0.351 e. The SMILES string of the molecule is CCCCNC(=O)c1ccc(NN)cn1. The minimum Gasteiger partial charge on any atom is -0.351 e. The van der Waals surface area contributed by atoms with E-state index in [1.807, 2.05) is 0 Å². The topological polar surface area (TPSA) is 80.0 Å². The Labute approximate surface area is 89.0 Å². The Bertz CT molecular complexity index is 310. The summed E-state index contributed by atoms with van der Waals surface area (Å²) in [5.41, 5.74) is 3.54. The van der Waals surface area contributed by atoms with Crippen molar-refractivity contribution in [1.82, 2.24) is 10.3 Å². The predicted molar refractivity (Wildman–Crippen MR) is 59.3 cm³/mol. The minimum absolute atomic E-state index is 0.146. The highest BCUT2D eigenvalue weighted by atomic mass is 16.1. The Kier molecular flexibility index (Phi) is 4.56. The van der Waals surface area contributed by atoms with Gasteiger partial charge in [-0.1, -0.05) is 13.3 Å². The molecule has 0 fully saturated rings. The van der Waals surface area contributed by atoms with Gasteiger partial charge in [-0.2, -0.15) is 0 Å². The molecule has 1 heterocycles. The third kappa shape index (κ3) is 3.55. The highest BCUT2D eigenvalue weighted by Crippen LogP contribution is 2.03. The van der Waals surface area contributed by atoms with Crippen molar-refractivity contribution in [3.63, 3.8) is 0 Å². The Morgan fingerprint density at radius 2 is 2.33 bits per heavy atom. The normalized spacial score (nSPS) is 9.73. The maximum Gasteiger partial charge on any atom is 0.269 e. The summed E-state index contributed by atoms with van der Waals surface area (Å²) >= 11 is 0. The monoisotopic (exact) mass is 208 g/mol. The number of nitrogens with one attached hydrogen (secondary N) is 2. The van der Waals surface area contributed by atoms with Crippen LogP contribution in [0.4, 0.5) is 5.69 Å². The Hall–Kier alpha value is -1.62. The molecule has 0 bridgehead atoms. The molecule has 0 atom stereocenters. The molecule has 82 valence electrons. The fourth-order valence-corrected chi connectivity index (χ4v) is 1.08. The van der Waals surface area contributed by atoms with E-state index in [0.29, 0.717) is 17.9 Å². The van der Waals surface area contributed by atoms with Gasteiger partial charge in [0.15, 0.2) is 0 Å². The fourth-order valence-electron chi connectivity index (χ4n) is 1.08. The van der Waals surface area contributed by atoms with Gasteiger partial charge in [-0.05, 0) is 18.6 Å². The van der Waals surface area contributed by atoms with Crippen molar-refractivity contribution in [1.29, 1.82) is 0 Å². The second-order valence-corrected chi connectivity index (χ2v) is 3.19. The molecule has 0 radical (unpaired) electrons. The summed E-state index contributed by atoms with van der Waals surface area (Å²) in [6.45, 7) is 2.76. The van der Waals surface area contributed by atoms with Crippen LogP contribution in [-0.4, -0.2) is 17.4 Å². The van der Waals surface area contributed by atoms with Gasteiger partial charge in [0, 0.05) is 6.54 Å². The van der Waals surface area contributed by atoms with Crippen LogP contribution < -0.4 is 16.6 Å². The van der Waals surface area contributed by atoms with Gasteiger partial charge < -0.3 is 10.7 Å². The van der Waals surface area contributed by atoms with Crippen LogP contribution in [0.1, 0.15) is 30.3 Å². The first-order chi connectivity index (χ1) is 7.27. The van der Waals surface area contributed by atoms with Gasteiger partial charge in [-0.25, -0.2) is 4.98 Å². The molecule has 1 amide bonds. The van der Waals surface area contributed by atoms with Crippen LogP contribution in [0.2, 0.25) is 0 Å². The molecular weight excluding hydrogens is 192 g/mol. The van der Waals surface area contributed by atoms with Gasteiger partial charge in [0.25, 0.3) is 5.91 Å². The van der Waals surface area contributed by atoms with Gasteiger partial charge in [0.1, 0.15) is 5.69 Å². The predicted octanol–water partition coefficient (Wildman–Crippen LogP) is 0.897. The quantitative estimate of drug-likeness (QED) is 0.381. The first-order valence-corrected chi connectivity index (χ1v) is 4.98. The van der Waals surface area contributed by atoms with Crippen molar-refractivity contribution in [3.8, 4) is 0 Å². The summed E-state index contributed by atoms with van der Waals surface area (Å²) in [5, 5.41) is 2.78. The first-order valence-electron chi connectivity index (χ1n) is 4.98. The van der Waals surface area contributed by atoms with Gasteiger partial charge in [-0.15, -0.1) is 0 Å². The number of pyridine rings is 1. The van der Waals surface area contributed by atoms with Crippen LogP contribution in [0, 0.1) is 0 Å². The van der Waals surface area contributed by atoms with Crippen molar-refractivity contribution in [2.24, 2.45) is 5.84 Å². The number of rotatable bonds is 5. The van der Waals surface area contributed by atoms with Gasteiger partial charge >= 0.3 is 0 Å². The summed E-state index contributed by atoms with van der Waals surface area (Å²) in [5.74, 6) is 5.04. The average Bonchev–Trinajstić information content (AvgIpc) is 2.29. The molecule has 0 aliphatic rings. The maximum atomic E-state index is 11.5. The molecule has 4 N–H and O–H groups in total. The third-order valence-electron chi connectivity index (χ3n) is 1.98. The molecule has 0 aliphatic carbocycles. The standard InChI is InChI=1S/C10H16N4O/c1-2-3-6-12-10(15)9-5-4-8(14-11)7-13-9/h4-5,7,14H,2-3,6,11H2,1H3,(H,12,15). The zero-order chi connectivity index (χ0) is 11.1. The number of unbranched alkanes of at least 4 members (excludes halogenated alkanes) is 1. The number of carbonyl (C=O) groups is 1. The molecule has 0 saturated carbocycles. The van der Waals surface area contributed by atoms with Gasteiger partial charge in [0.2, 0.25) is 0 Å². The summed E-state index contributed by atoms with van der Waals surface area (Å²) in [7, 11) is 0. The Morgan fingerprint density at radius 1 is 1.53 bits per heavy atom. The van der Waals surface area contributed by atoms with E-state index in [4.69, 9.17) is 5.84 Å². The van der Waals surface area contributed by atoms with E-state index < -0.39 is 0 Å². The molecule has 0 aromatic carbocycles. The molecule has 5 nitrogen and oxygen atoms in total. The molecule has 15 heavy (non-hydrogen) atoms. The number of nitrogens with two attached hydrogens (primary N) is 1.